The van der Waals surface area contributed by atoms with Crippen LogP contribution in [0, 0.1) is 6.92 Å². The van der Waals surface area contributed by atoms with E-state index in [-0.39, 0.29) is 11.9 Å². The Morgan fingerprint density at radius 1 is 1.17 bits per heavy atom. The molecule has 5 nitrogen and oxygen atoms in total. The van der Waals surface area contributed by atoms with E-state index in [0.29, 0.717) is 27.6 Å². The van der Waals surface area contributed by atoms with Crippen LogP contribution in [0.25, 0.3) is 16.6 Å². The van der Waals surface area contributed by atoms with Crippen molar-refractivity contribution in [2.45, 2.75) is 26.8 Å². The van der Waals surface area contributed by atoms with Crippen molar-refractivity contribution in [1.29, 1.82) is 0 Å². The van der Waals surface area contributed by atoms with Gasteiger partial charge in [-0.3, -0.25) is 14.8 Å². The molecule has 2 aromatic carbocycles. The summed E-state index contributed by atoms with van der Waals surface area (Å²) >= 11 is 6.34. The van der Waals surface area contributed by atoms with Gasteiger partial charge in [-0.1, -0.05) is 41.9 Å². The van der Waals surface area contributed by atoms with Crippen LogP contribution in [0.5, 0.6) is 0 Å². The molecular formula is C23H23ClN4O. The van der Waals surface area contributed by atoms with E-state index in [0.717, 1.165) is 16.5 Å². The third-order valence-corrected chi connectivity index (χ3v) is 4.64. The average Bonchev–Trinajstić information content (AvgIpc) is 2.67. The van der Waals surface area contributed by atoms with Gasteiger partial charge in [0.25, 0.3) is 5.91 Å². The molecule has 0 unspecified atom stereocenters. The Bertz CT molecular complexity index is 1120. The molecule has 0 fully saturated rings. The molecule has 3 aromatic rings. The summed E-state index contributed by atoms with van der Waals surface area (Å²) < 4.78 is 0. The molecule has 0 spiro atoms. The van der Waals surface area contributed by atoms with Gasteiger partial charge in [-0.05, 0) is 44.5 Å². The second-order valence-corrected chi connectivity index (χ2v) is 7.41. The Kier molecular flexibility index (Phi) is 6.29. The first kappa shape index (κ1) is 20.6. The van der Waals surface area contributed by atoms with E-state index in [2.05, 4.69) is 15.3 Å². The number of nitrogens with zero attached hydrogens (tertiary/aromatic N) is 2. The molecule has 3 N–H and O–H groups in total. The number of aryl methyl sites for hydroxylation is 1. The lowest BCUT2D eigenvalue weighted by Gasteiger charge is -2.11. The number of fused-ring (bicyclic) bond motifs is 1. The van der Waals surface area contributed by atoms with Gasteiger partial charge in [0.15, 0.2) is 0 Å². The van der Waals surface area contributed by atoms with Crippen LogP contribution in [-0.2, 0) is 0 Å². The number of rotatable bonds is 4. The number of aliphatic imine (C=N–C) groups is 1. The fraction of sp³-hybridized carbons (Fsp3) is 0.174. The first-order chi connectivity index (χ1) is 13.8. The van der Waals surface area contributed by atoms with Gasteiger partial charge in [0.05, 0.1) is 16.1 Å². The number of amidine groups is 1. The number of carbonyl (C=O) groups excluding carboxylic acids is 1. The summed E-state index contributed by atoms with van der Waals surface area (Å²) in [6.45, 7) is 5.84. The van der Waals surface area contributed by atoms with Crippen molar-refractivity contribution in [3.8, 4) is 0 Å². The summed E-state index contributed by atoms with van der Waals surface area (Å²) in [6.07, 6.45) is 3.35. The number of pyridine rings is 1. The molecule has 0 bridgehead atoms. The van der Waals surface area contributed by atoms with Crippen LogP contribution in [-0.4, -0.2) is 22.8 Å². The second kappa shape index (κ2) is 8.88. The van der Waals surface area contributed by atoms with E-state index < -0.39 is 0 Å². The summed E-state index contributed by atoms with van der Waals surface area (Å²) in [5, 5.41) is 4.05. The topological polar surface area (TPSA) is 80.4 Å². The SMILES string of the molecule is Cc1ccccc1C(N)=CC(=NC(C)C)NC(=O)c1cc2ncccc2cc1Cl. The fourth-order valence-corrected chi connectivity index (χ4v) is 3.21. The van der Waals surface area contributed by atoms with Crippen molar-refractivity contribution < 1.29 is 4.79 Å². The van der Waals surface area contributed by atoms with Gasteiger partial charge in [0.2, 0.25) is 0 Å². The molecule has 0 saturated carbocycles. The Morgan fingerprint density at radius 3 is 2.66 bits per heavy atom. The number of nitrogens with two attached hydrogens (primary N) is 1. The highest BCUT2D eigenvalue weighted by atomic mass is 35.5. The van der Waals surface area contributed by atoms with Gasteiger partial charge >= 0.3 is 0 Å². The Morgan fingerprint density at radius 2 is 1.93 bits per heavy atom. The number of carbonyl (C=O) groups is 1. The van der Waals surface area contributed by atoms with Crippen LogP contribution < -0.4 is 11.1 Å². The number of aromatic nitrogens is 1. The Labute approximate surface area is 175 Å². The molecule has 29 heavy (non-hydrogen) atoms. The van der Waals surface area contributed by atoms with Gasteiger partial charge in [0.1, 0.15) is 5.84 Å². The fourth-order valence-electron chi connectivity index (χ4n) is 2.96. The van der Waals surface area contributed by atoms with E-state index in [1.165, 1.54) is 0 Å². The number of amides is 1. The lowest BCUT2D eigenvalue weighted by atomic mass is 10.1. The third kappa shape index (κ3) is 5.00. The van der Waals surface area contributed by atoms with Crippen LogP contribution in [0.15, 0.2) is 65.8 Å². The summed E-state index contributed by atoms with van der Waals surface area (Å²) in [6, 6.07) is 14.9. The summed E-state index contributed by atoms with van der Waals surface area (Å²) in [5.74, 6) is 0.0127. The highest BCUT2D eigenvalue weighted by Crippen LogP contribution is 2.23. The van der Waals surface area contributed by atoms with E-state index in [4.69, 9.17) is 17.3 Å². The average molecular weight is 407 g/mol. The smallest absolute Gasteiger partial charge is 0.258 e. The van der Waals surface area contributed by atoms with Crippen LogP contribution >= 0.6 is 11.6 Å². The molecular weight excluding hydrogens is 384 g/mol. The lowest BCUT2D eigenvalue weighted by molar-refractivity contribution is 0.0977. The minimum Gasteiger partial charge on any atom is -0.398 e. The van der Waals surface area contributed by atoms with Crippen molar-refractivity contribution in [3.63, 3.8) is 0 Å². The predicted octanol–water partition coefficient (Wildman–Crippen LogP) is 4.73. The zero-order valence-corrected chi connectivity index (χ0v) is 17.4. The minimum absolute atomic E-state index is 0.0278. The molecule has 0 aliphatic carbocycles. The monoisotopic (exact) mass is 406 g/mol. The van der Waals surface area contributed by atoms with E-state index in [1.54, 1.807) is 24.4 Å². The van der Waals surface area contributed by atoms with Gasteiger partial charge < -0.3 is 11.1 Å². The van der Waals surface area contributed by atoms with Crippen molar-refractivity contribution >= 4 is 39.9 Å². The Balaban J connectivity index is 1.93. The van der Waals surface area contributed by atoms with E-state index in [1.807, 2.05) is 57.2 Å². The van der Waals surface area contributed by atoms with Crippen LogP contribution in [0.4, 0.5) is 0 Å². The van der Waals surface area contributed by atoms with Crippen molar-refractivity contribution in [1.82, 2.24) is 10.3 Å². The molecule has 0 aliphatic rings. The number of hydrogen-bond donors (Lipinski definition) is 2. The molecule has 1 heterocycles. The summed E-state index contributed by atoms with van der Waals surface area (Å²) in [5.41, 5.74) is 9.77. The molecule has 0 saturated heterocycles. The van der Waals surface area contributed by atoms with Crippen molar-refractivity contribution in [3.05, 3.63) is 82.5 Å². The number of hydrogen-bond acceptors (Lipinski definition) is 4. The first-order valence-electron chi connectivity index (χ1n) is 9.31. The molecule has 3 rings (SSSR count). The van der Waals surface area contributed by atoms with Crippen molar-refractivity contribution in [2.75, 3.05) is 0 Å². The second-order valence-electron chi connectivity index (χ2n) is 7.00. The van der Waals surface area contributed by atoms with Crippen LogP contribution in [0.1, 0.15) is 35.3 Å². The first-order valence-corrected chi connectivity index (χ1v) is 9.69. The summed E-state index contributed by atoms with van der Waals surface area (Å²) in [7, 11) is 0. The molecule has 0 atom stereocenters. The lowest BCUT2D eigenvalue weighted by Crippen LogP contribution is -2.31. The van der Waals surface area contributed by atoms with E-state index in [9.17, 15) is 4.79 Å². The van der Waals surface area contributed by atoms with Gasteiger partial charge in [-0.15, -0.1) is 0 Å². The largest absolute Gasteiger partial charge is 0.398 e. The van der Waals surface area contributed by atoms with Crippen LogP contribution in [0.2, 0.25) is 5.02 Å². The molecule has 6 heteroatoms. The molecule has 0 aliphatic heterocycles. The molecule has 1 amide bonds. The molecule has 0 radical (unpaired) electrons. The highest BCUT2D eigenvalue weighted by Gasteiger charge is 2.14. The third-order valence-electron chi connectivity index (χ3n) is 4.32. The maximum absolute atomic E-state index is 12.9. The zero-order chi connectivity index (χ0) is 21.0. The van der Waals surface area contributed by atoms with E-state index >= 15 is 0 Å². The van der Waals surface area contributed by atoms with Gasteiger partial charge in [0, 0.05) is 35.0 Å². The van der Waals surface area contributed by atoms with Crippen LogP contribution in [0.3, 0.4) is 0 Å². The summed E-state index contributed by atoms with van der Waals surface area (Å²) in [4.78, 5) is 21.7. The highest BCUT2D eigenvalue weighted by molar-refractivity contribution is 6.35. The maximum atomic E-state index is 12.9. The van der Waals surface area contributed by atoms with Gasteiger partial charge in [-0.25, -0.2) is 0 Å². The molecule has 1 aromatic heterocycles. The zero-order valence-electron chi connectivity index (χ0n) is 16.6. The standard InChI is InChI=1S/C23H23ClN4O/c1-14(2)27-22(13-20(25)17-9-5-4-7-15(17)3)28-23(29)18-12-21-16(11-19(18)24)8-6-10-26-21/h4-14H,25H2,1-3H3,(H,27,28,29). The maximum Gasteiger partial charge on any atom is 0.258 e. The van der Waals surface area contributed by atoms with Crippen molar-refractivity contribution in [2.24, 2.45) is 10.7 Å². The quantitative estimate of drug-likeness (QED) is 0.485. The molecule has 148 valence electrons. The number of halogens is 1. The minimum atomic E-state index is -0.365. The normalized spacial score (nSPS) is 12.4. The predicted molar refractivity (Wildman–Crippen MR) is 120 cm³/mol. The number of nitrogens with one attached hydrogen (secondary N) is 1. The van der Waals surface area contributed by atoms with Gasteiger partial charge in [-0.2, -0.15) is 0 Å². The Hall–Kier alpha value is -3.18. The number of benzene rings is 2.